The summed E-state index contributed by atoms with van der Waals surface area (Å²) < 4.78 is 10.6. The van der Waals surface area contributed by atoms with Crippen LogP contribution in [0.5, 0.6) is 11.5 Å². The Labute approximate surface area is 126 Å². The van der Waals surface area contributed by atoms with Crippen molar-refractivity contribution < 1.29 is 9.47 Å². The Balaban J connectivity index is 2.06. The van der Waals surface area contributed by atoms with E-state index in [1.165, 1.54) is 32.1 Å². The number of anilines is 1. The summed E-state index contributed by atoms with van der Waals surface area (Å²) in [5.74, 6) is 2.27. The van der Waals surface area contributed by atoms with E-state index in [2.05, 4.69) is 12.2 Å². The zero-order valence-electron chi connectivity index (χ0n) is 12.5. The van der Waals surface area contributed by atoms with E-state index in [1.54, 1.807) is 20.3 Å². The highest BCUT2D eigenvalue weighted by Gasteiger charge is 2.21. The fraction of sp³-hybridized carbons (Fsp3) is 0.625. The topological polar surface area (TPSA) is 30.5 Å². The monoisotopic (exact) mass is 297 g/mol. The first-order valence-corrected chi connectivity index (χ1v) is 7.73. The van der Waals surface area contributed by atoms with Crippen molar-refractivity contribution in [2.45, 2.75) is 45.1 Å². The second-order valence-electron chi connectivity index (χ2n) is 5.46. The molecule has 0 spiro atoms. The van der Waals surface area contributed by atoms with Gasteiger partial charge in [-0.2, -0.15) is 0 Å². The summed E-state index contributed by atoms with van der Waals surface area (Å²) in [6.07, 6.45) is 6.33. The van der Waals surface area contributed by atoms with Crippen LogP contribution in [0.4, 0.5) is 5.69 Å². The molecule has 1 saturated carbocycles. The zero-order chi connectivity index (χ0) is 14.5. The lowest BCUT2D eigenvalue weighted by molar-refractivity contribution is 0.330. The fourth-order valence-corrected chi connectivity index (χ4v) is 3.11. The van der Waals surface area contributed by atoms with Crippen LogP contribution in [0.15, 0.2) is 12.1 Å². The molecule has 0 heterocycles. The summed E-state index contributed by atoms with van der Waals surface area (Å²) in [6.45, 7) is 2.28. The van der Waals surface area contributed by atoms with Gasteiger partial charge >= 0.3 is 0 Å². The van der Waals surface area contributed by atoms with E-state index in [1.807, 2.05) is 6.07 Å². The van der Waals surface area contributed by atoms with Crippen molar-refractivity contribution in [3.05, 3.63) is 17.2 Å². The molecule has 0 saturated heterocycles. The van der Waals surface area contributed by atoms with Gasteiger partial charge in [0.05, 0.1) is 24.9 Å². The molecule has 1 aliphatic carbocycles. The Hall–Kier alpha value is -1.09. The van der Waals surface area contributed by atoms with Crippen molar-refractivity contribution >= 4 is 17.3 Å². The summed E-state index contributed by atoms with van der Waals surface area (Å²) in [4.78, 5) is 0. The fourth-order valence-electron chi connectivity index (χ4n) is 2.90. The lowest BCUT2D eigenvalue weighted by Gasteiger charge is -2.29. The van der Waals surface area contributed by atoms with Crippen molar-refractivity contribution in [2.75, 3.05) is 19.5 Å². The minimum absolute atomic E-state index is 0.508. The van der Waals surface area contributed by atoms with Crippen LogP contribution in [0, 0.1) is 5.92 Å². The van der Waals surface area contributed by atoms with Gasteiger partial charge < -0.3 is 14.8 Å². The summed E-state index contributed by atoms with van der Waals surface area (Å²) in [7, 11) is 3.26. The maximum atomic E-state index is 6.31. The predicted molar refractivity (Wildman–Crippen MR) is 84.2 cm³/mol. The number of hydrogen-bond acceptors (Lipinski definition) is 3. The summed E-state index contributed by atoms with van der Waals surface area (Å²) in [6, 6.07) is 4.24. The highest BCUT2D eigenvalue weighted by molar-refractivity contribution is 6.33. The number of nitrogens with one attached hydrogen (secondary N) is 1. The molecular formula is C16H24ClNO2. The highest BCUT2D eigenvalue weighted by atomic mass is 35.5. The molecule has 0 amide bonds. The van der Waals surface area contributed by atoms with Gasteiger partial charge in [0.25, 0.3) is 0 Å². The van der Waals surface area contributed by atoms with Gasteiger partial charge in [-0.1, -0.05) is 24.9 Å². The molecule has 0 aromatic heterocycles. The molecule has 4 heteroatoms. The average Bonchev–Trinajstić information content (AvgIpc) is 2.49. The molecule has 0 bridgehead atoms. The van der Waals surface area contributed by atoms with Crippen LogP contribution in [0.1, 0.15) is 39.0 Å². The van der Waals surface area contributed by atoms with Crippen LogP contribution >= 0.6 is 11.6 Å². The standard InChI is InChI=1S/C16H24ClNO2/c1-4-11-5-7-12(8-6-11)18-14-10-16(20-3)15(19-2)9-13(14)17/h9-12,18H,4-8H2,1-3H3. The normalized spacial score (nSPS) is 22.4. The Morgan fingerprint density at radius 2 is 1.70 bits per heavy atom. The largest absolute Gasteiger partial charge is 0.493 e. The SMILES string of the molecule is CCC1CCC(Nc2cc(OC)c(OC)cc2Cl)CC1. The number of hydrogen-bond donors (Lipinski definition) is 1. The van der Waals surface area contributed by atoms with Crippen LogP contribution in [0.25, 0.3) is 0 Å². The summed E-state index contributed by atoms with van der Waals surface area (Å²) in [5.41, 5.74) is 0.935. The molecule has 3 nitrogen and oxygen atoms in total. The molecule has 2 rings (SSSR count). The van der Waals surface area contributed by atoms with Crippen molar-refractivity contribution in [1.29, 1.82) is 0 Å². The van der Waals surface area contributed by atoms with Gasteiger partial charge in [-0.3, -0.25) is 0 Å². The van der Waals surface area contributed by atoms with E-state index in [9.17, 15) is 0 Å². The first kappa shape index (κ1) is 15.3. The molecule has 0 radical (unpaired) electrons. The average molecular weight is 298 g/mol. The Morgan fingerprint density at radius 1 is 1.10 bits per heavy atom. The predicted octanol–water partition coefficient (Wildman–Crippen LogP) is 4.74. The minimum Gasteiger partial charge on any atom is -0.493 e. The third-order valence-corrected chi connectivity index (χ3v) is 4.57. The zero-order valence-corrected chi connectivity index (χ0v) is 13.3. The van der Waals surface area contributed by atoms with Crippen molar-refractivity contribution in [1.82, 2.24) is 0 Å². The third kappa shape index (κ3) is 3.51. The Morgan fingerprint density at radius 3 is 2.25 bits per heavy atom. The van der Waals surface area contributed by atoms with Gasteiger partial charge in [0.2, 0.25) is 0 Å². The number of halogens is 1. The van der Waals surface area contributed by atoms with E-state index in [4.69, 9.17) is 21.1 Å². The van der Waals surface area contributed by atoms with Crippen LogP contribution in [-0.4, -0.2) is 20.3 Å². The summed E-state index contributed by atoms with van der Waals surface area (Å²) >= 11 is 6.31. The second-order valence-corrected chi connectivity index (χ2v) is 5.86. The molecule has 112 valence electrons. The number of rotatable bonds is 5. The third-order valence-electron chi connectivity index (χ3n) is 4.26. The second kappa shape index (κ2) is 7.07. The molecule has 1 aromatic rings. The molecule has 1 aromatic carbocycles. The quantitative estimate of drug-likeness (QED) is 0.851. The lowest BCUT2D eigenvalue weighted by Crippen LogP contribution is -2.26. The first-order chi connectivity index (χ1) is 9.67. The van der Waals surface area contributed by atoms with Crippen LogP contribution in [0.3, 0.4) is 0 Å². The molecule has 0 atom stereocenters. The van der Waals surface area contributed by atoms with Gasteiger partial charge in [0.1, 0.15) is 0 Å². The van der Waals surface area contributed by atoms with Crippen LogP contribution in [0.2, 0.25) is 5.02 Å². The van der Waals surface area contributed by atoms with E-state index < -0.39 is 0 Å². The molecule has 1 N–H and O–H groups in total. The number of benzene rings is 1. The molecule has 0 unspecified atom stereocenters. The van der Waals surface area contributed by atoms with Crippen molar-refractivity contribution in [3.8, 4) is 11.5 Å². The van der Waals surface area contributed by atoms with Gasteiger partial charge in [-0.15, -0.1) is 0 Å². The molecule has 1 fully saturated rings. The van der Waals surface area contributed by atoms with Crippen molar-refractivity contribution in [2.24, 2.45) is 5.92 Å². The van der Waals surface area contributed by atoms with E-state index >= 15 is 0 Å². The lowest BCUT2D eigenvalue weighted by atomic mass is 9.84. The van der Waals surface area contributed by atoms with Gasteiger partial charge in [0, 0.05) is 18.2 Å². The number of ether oxygens (including phenoxy) is 2. The number of methoxy groups -OCH3 is 2. The molecule has 0 aliphatic heterocycles. The van der Waals surface area contributed by atoms with Gasteiger partial charge in [-0.05, 0) is 31.6 Å². The van der Waals surface area contributed by atoms with Crippen LogP contribution in [-0.2, 0) is 0 Å². The van der Waals surface area contributed by atoms with Crippen LogP contribution < -0.4 is 14.8 Å². The smallest absolute Gasteiger partial charge is 0.162 e. The highest BCUT2D eigenvalue weighted by Crippen LogP contribution is 2.37. The maximum absolute atomic E-state index is 6.31. The first-order valence-electron chi connectivity index (χ1n) is 7.36. The van der Waals surface area contributed by atoms with Gasteiger partial charge in [0.15, 0.2) is 11.5 Å². The molecule has 20 heavy (non-hydrogen) atoms. The van der Waals surface area contributed by atoms with Crippen molar-refractivity contribution in [3.63, 3.8) is 0 Å². The van der Waals surface area contributed by atoms with Gasteiger partial charge in [-0.25, -0.2) is 0 Å². The molecular weight excluding hydrogens is 274 g/mol. The maximum Gasteiger partial charge on any atom is 0.162 e. The minimum atomic E-state index is 0.508. The van der Waals surface area contributed by atoms with E-state index in [0.717, 1.165) is 11.6 Å². The van der Waals surface area contributed by atoms with E-state index in [0.29, 0.717) is 22.6 Å². The Kier molecular flexibility index (Phi) is 5.41. The Bertz CT molecular complexity index is 442. The molecule has 1 aliphatic rings. The summed E-state index contributed by atoms with van der Waals surface area (Å²) in [5, 5.41) is 4.23. The van der Waals surface area contributed by atoms with E-state index in [-0.39, 0.29) is 0 Å².